The second kappa shape index (κ2) is 9.84. The van der Waals surface area contributed by atoms with Crippen molar-refractivity contribution in [1.82, 2.24) is 14.9 Å². The van der Waals surface area contributed by atoms with Gasteiger partial charge < -0.3 is 19.5 Å². The number of anilines is 1. The predicted octanol–water partition coefficient (Wildman–Crippen LogP) is 6.83. The average Bonchev–Trinajstić information content (AvgIpc) is 3.35. The maximum absolute atomic E-state index is 5.90. The minimum atomic E-state index is -0.0910. The van der Waals surface area contributed by atoms with Crippen LogP contribution in [-0.4, -0.2) is 21.3 Å². The predicted molar refractivity (Wildman–Crippen MR) is 148 cm³/mol. The molecule has 1 aliphatic heterocycles. The first kappa shape index (κ1) is 23.6. The van der Waals surface area contributed by atoms with Gasteiger partial charge in [-0.3, -0.25) is 4.98 Å². The Morgan fingerprint density at radius 2 is 1.80 bits per heavy atom. The van der Waals surface area contributed by atoms with Gasteiger partial charge in [0.15, 0.2) is 5.11 Å². The summed E-state index contributed by atoms with van der Waals surface area (Å²) in [5.74, 6) is 0.847. The first-order chi connectivity index (χ1) is 17.0. The number of ether oxygens (including phenoxy) is 1. The fourth-order valence-corrected chi connectivity index (χ4v) is 5.65. The molecule has 2 atom stereocenters. The van der Waals surface area contributed by atoms with Crippen molar-refractivity contribution < 1.29 is 4.74 Å². The van der Waals surface area contributed by atoms with E-state index < -0.39 is 0 Å². The van der Waals surface area contributed by atoms with Crippen molar-refractivity contribution in [3.8, 4) is 11.4 Å². The minimum Gasteiger partial charge on any atom is -0.494 e. The van der Waals surface area contributed by atoms with Gasteiger partial charge in [-0.25, -0.2) is 0 Å². The van der Waals surface area contributed by atoms with E-state index in [9.17, 15) is 0 Å². The van der Waals surface area contributed by atoms with Gasteiger partial charge in [-0.05, 0) is 99.2 Å². The fourth-order valence-electron chi connectivity index (χ4n) is 4.92. The molecule has 4 aromatic rings. The molecule has 35 heavy (non-hydrogen) atoms. The van der Waals surface area contributed by atoms with Crippen molar-refractivity contribution in [2.45, 2.75) is 32.9 Å². The van der Waals surface area contributed by atoms with Crippen molar-refractivity contribution in [3.63, 3.8) is 0 Å². The molecule has 3 heterocycles. The van der Waals surface area contributed by atoms with E-state index in [0.29, 0.717) is 11.7 Å². The maximum atomic E-state index is 5.90. The lowest BCUT2D eigenvalue weighted by Crippen LogP contribution is -2.29. The lowest BCUT2D eigenvalue weighted by molar-refractivity contribution is 0.340. The third-order valence-corrected chi connectivity index (χ3v) is 7.19. The number of thiocarbonyl (C=S) groups is 1. The number of benzene rings is 2. The third kappa shape index (κ3) is 4.46. The molecule has 2 unspecified atom stereocenters. The van der Waals surface area contributed by atoms with Crippen LogP contribution in [0.3, 0.4) is 0 Å². The summed E-state index contributed by atoms with van der Waals surface area (Å²) in [5, 5.41) is 4.24. The second-order valence-electron chi connectivity index (χ2n) is 8.57. The maximum Gasteiger partial charge on any atom is 0.174 e. The van der Waals surface area contributed by atoms with Gasteiger partial charge in [-0.1, -0.05) is 28.1 Å². The van der Waals surface area contributed by atoms with Gasteiger partial charge >= 0.3 is 0 Å². The molecular formula is C28H27BrN4OS. The van der Waals surface area contributed by atoms with E-state index in [1.807, 2.05) is 43.5 Å². The van der Waals surface area contributed by atoms with E-state index in [4.69, 9.17) is 17.0 Å². The molecule has 0 amide bonds. The van der Waals surface area contributed by atoms with E-state index in [0.717, 1.165) is 27.3 Å². The summed E-state index contributed by atoms with van der Waals surface area (Å²) in [6.45, 7) is 6.95. The van der Waals surface area contributed by atoms with Crippen LogP contribution in [0.15, 0.2) is 83.5 Å². The Labute approximate surface area is 219 Å². The van der Waals surface area contributed by atoms with Crippen molar-refractivity contribution in [2.24, 2.45) is 0 Å². The molecule has 1 aliphatic rings. The molecule has 1 saturated heterocycles. The second-order valence-corrected chi connectivity index (χ2v) is 9.87. The van der Waals surface area contributed by atoms with Crippen LogP contribution in [0.25, 0.3) is 5.69 Å². The third-order valence-electron chi connectivity index (χ3n) is 6.38. The number of aromatic nitrogens is 2. The van der Waals surface area contributed by atoms with E-state index >= 15 is 0 Å². The zero-order valence-corrected chi connectivity index (χ0v) is 22.3. The normalized spacial score (nSPS) is 17.5. The molecule has 7 heteroatoms. The lowest BCUT2D eigenvalue weighted by Gasteiger charge is -2.28. The largest absolute Gasteiger partial charge is 0.494 e. The summed E-state index contributed by atoms with van der Waals surface area (Å²) >= 11 is 9.52. The molecule has 178 valence electrons. The minimum absolute atomic E-state index is 0.0672. The number of halogens is 1. The van der Waals surface area contributed by atoms with Crippen LogP contribution in [0.4, 0.5) is 5.69 Å². The van der Waals surface area contributed by atoms with E-state index in [1.54, 1.807) is 0 Å². The SMILES string of the molecule is CCOc1ccc(N2C(=S)NC(c3ccccn3)C2c2cc(C)n(-c3cccc(Br)c3)c2C)cc1. The van der Waals surface area contributed by atoms with Crippen LogP contribution in [0.1, 0.15) is 41.7 Å². The first-order valence-corrected chi connectivity index (χ1v) is 12.9. The smallest absolute Gasteiger partial charge is 0.174 e. The summed E-state index contributed by atoms with van der Waals surface area (Å²) < 4.78 is 9.01. The molecule has 5 nitrogen and oxygen atoms in total. The molecule has 5 rings (SSSR count). The highest BCUT2D eigenvalue weighted by atomic mass is 79.9. The van der Waals surface area contributed by atoms with Crippen LogP contribution >= 0.6 is 28.1 Å². The Bertz CT molecular complexity index is 1350. The lowest BCUT2D eigenvalue weighted by atomic mass is 9.96. The van der Waals surface area contributed by atoms with Gasteiger partial charge in [-0.15, -0.1) is 0 Å². The summed E-state index contributed by atoms with van der Waals surface area (Å²) in [5.41, 5.74) is 6.64. The van der Waals surface area contributed by atoms with Crippen molar-refractivity contribution in [1.29, 1.82) is 0 Å². The van der Waals surface area contributed by atoms with E-state index in [1.165, 1.54) is 17.0 Å². The quantitative estimate of drug-likeness (QED) is 0.268. The Balaban J connectivity index is 1.64. The topological polar surface area (TPSA) is 42.3 Å². The molecule has 1 fully saturated rings. The highest BCUT2D eigenvalue weighted by Crippen LogP contribution is 2.44. The van der Waals surface area contributed by atoms with Crippen molar-refractivity contribution in [3.05, 3.63) is 106 Å². The van der Waals surface area contributed by atoms with Crippen LogP contribution < -0.4 is 15.0 Å². The van der Waals surface area contributed by atoms with E-state index in [-0.39, 0.29) is 12.1 Å². The van der Waals surface area contributed by atoms with Gasteiger partial charge in [0, 0.05) is 33.4 Å². The Kier molecular flexibility index (Phi) is 6.62. The Hall–Kier alpha value is -3.16. The molecule has 0 aliphatic carbocycles. The van der Waals surface area contributed by atoms with Gasteiger partial charge in [0.2, 0.25) is 0 Å². The highest BCUT2D eigenvalue weighted by Gasteiger charge is 2.42. The van der Waals surface area contributed by atoms with Crippen LogP contribution in [0.5, 0.6) is 5.75 Å². The Morgan fingerprint density at radius 1 is 1.00 bits per heavy atom. The number of pyridine rings is 1. The average molecular weight is 548 g/mol. The van der Waals surface area contributed by atoms with Crippen molar-refractivity contribution in [2.75, 3.05) is 11.5 Å². The molecule has 1 N–H and O–H groups in total. The summed E-state index contributed by atoms with van der Waals surface area (Å²) in [4.78, 5) is 6.89. The van der Waals surface area contributed by atoms with Gasteiger partial charge in [-0.2, -0.15) is 0 Å². The molecule has 2 aromatic carbocycles. The zero-order valence-electron chi connectivity index (χ0n) is 19.9. The van der Waals surface area contributed by atoms with E-state index in [2.05, 4.69) is 92.0 Å². The summed E-state index contributed by atoms with van der Waals surface area (Å²) in [7, 11) is 0. The number of nitrogens with zero attached hydrogens (tertiary/aromatic N) is 3. The summed E-state index contributed by atoms with van der Waals surface area (Å²) in [6, 6.07) is 24.6. The Morgan fingerprint density at radius 3 is 2.49 bits per heavy atom. The highest BCUT2D eigenvalue weighted by molar-refractivity contribution is 9.10. The van der Waals surface area contributed by atoms with Crippen LogP contribution in [0, 0.1) is 13.8 Å². The van der Waals surface area contributed by atoms with Crippen molar-refractivity contribution >= 4 is 38.9 Å². The zero-order chi connectivity index (χ0) is 24.5. The number of hydrogen-bond acceptors (Lipinski definition) is 3. The van der Waals surface area contributed by atoms with Crippen LogP contribution in [-0.2, 0) is 0 Å². The van der Waals surface area contributed by atoms with Gasteiger partial charge in [0.25, 0.3) is 0 Å². The van der Waals surface area contributed by atoms with Gasteiger partial charge in [0.1, 0.15) is 5.75 Å². The molecule has 0 saturated carbocycles. The van der Waals surface area contributed by atoms with Gasteiger partial charge in [0.05, 0.1) is 24.4 Å². The number of nitrogens with one attached hydrogen (secondary N) is 1. The monoisotopic (exact) mass is 546 g/mol. The fraction of sp³-hybridized carbons (Fsp3) is 0.214. The molecule has 2 aromatic heterocycles. The van der Waals surface area contributed by atoms with Crippen LogP contribution in [0.2, 0.25) is 0 Å². The number of aryl methyl sites for hydroxylation is 1. The standard InChI is InChI=1S/C28H27BrN4OS/c1-4-34-23-13-11-21(12-14-23)33-27(26(31-28(33)35)25-10-5-6-15-30-25)24-16-18(2)32(19(24)3)22-9-7-8-20(29)17-22/h5-17,26-27H,4H2,1-3H3,(H,31,35). The molecule has 0 bridgehead atoms. The first-order valence-electron chi connectivity index (χ1n) is 11.7. The number of rotatable bonds is 6. The molecule has 0 radical (unpaired) electrons. The molecule has 0 spiro atoms. The molecular weight excluding hydrogens is 520 g/mol. The number of hydrogen-bond donors (Lipinski definition) is 1. The summed E-state index contributed by atoms with van der Waals surface area (Å²) in [6.07, 6.45) is 1.83.